The lowest BCUT2D eigenvalue weighted by Gasteiger charge is -2.09. The van der Waals surface area contributed by atoms with Crippen molar-refractivity contribution in [2.24, 2.45) is 0 Å². The van der Waals surface area contributed by atoms with E-state index in [2.05, 4.69) is 13.2 Å². The molecule has 7 heteroatoms. The van der Waals surface area contributed by atoms with Crippen LogP contribution in [0.25, 0.3) is 21.5 Å². The lowest BCUT2D eigenvalue weighted by molar-refractivity contribution is -0.138. The number of carbonyl (C=O) groups excluding carboxylic acids is 3. The molecule has 180 valence electrons. The Morgan fingerprint density at radius 2 is 1.39 bits per heavy atom. The molecule has 0 fully saturated rings. The predicted octanol–water partition coefficient (Wildman–Crippen LogP) is 6.84. The highest BCUT2D eigenvalue weighted by atomic mass is 32.2. The van der Waals surface area contributed by atoms with Gasteiger partial charge in [-0.2, -0.15) is 0 Å². The van der Waals surface area contributed by atoms with Crippen LogP contribution >= 0.6 is 23.5 Å². The first-order valence-corrected chi connectivity index (χ1v) is 12.6. The van der Waals surface area contributed by atoms with Gasteiger partial charge in [0, 0.05) is 21.4 Å². The lowest BCUT2D eigenvalue weighted by Crippen LogP contribution is -2.10. The number of thioether (sulfide) groups is 2. The van der Waals surface area contributed by atoms with Gasteiger partial charge >= 0.3 is 5.97 Å². The highest BCUT2D eigenvalue weighted by Gasteiger charge is 2.11. The maximum Gasteiger partial charge on any atom is 0.330 e. The Bertz CT molecular complexity index is 1470. The average Bonchev–Trinajstić information content (AvgIpc) is 2.91. The van der Waals surface area contributed by atoms with Crippen molar-refractivity contribution in [2.45, 2.75) is 9.79 Å². The van der Waals surface area contributed by atoms with E-state index in [-0.39, 0.29) is 23.4 Å². The summed E-state index contributed by atoms with van der Waals surface area (Å²) in [6.07, 6.45) is 2.41. The first-order chi connectivity index (χ1) is 17.5. The average molecular weight is 515 g/mol. The molecule has 0 radical (unpaired) electrons. The quantitative estimate of drug-likeness (QED) is 0.0796. The third-order valence-electron chi connectivity index (χ3n) is 5.23. The molecule has 0 bridgehead atoms. The van der Waals surface area contributed by atoms with Crippen LogP contribution in [0.2, 0.25) is 0 Å². The van der Waals surface area contributed by atoms with Crippen molar-refractivity contribution in [3.63, 3.8) is 0 Å². The van der Waals surface area contributed by atoms with Crippen molar-refractivity contribution in [1.29, 1.82) is 0 Å². The van der Waals surface area contributed by atoms with Crippen molar-refractivity contribution in [3.05, 3.63) is 104 Å². The number of ether oxygens (including phenoxy) is 2. The van der Waals surface area contributed by atoms with Gasteiger partial charge in [-0.3, -0.25) is 9.59 Å². The summed E-state index contributed by atoms with van der Waals surface area (Å²) >= 11 is 2.29. The van der Waals surface area contributed by atoms with Crippen LogP contribution in [-0.4, -0.2) is 29.4 Å². The van der Waals surface area contributed by atoms with Crippen molar-refractivity contribution in [3.8, 4) is 5.75 Å². The number of hydrogen-bond acceptors (Lipinski definition) is 7. The van der Waals surface area contributed by atoms with Crippen molar-refractivity contribution in [2.75, 3.05) is 13.2 Å². The van der Waals surface area contributed by atoms with Gasteiger partial charge in [-0.1, -0.05) is 37.4 Å². The fourth-order valence-electron chi connectivity index (χ4n) is 3.53. The van der Waals surface area contributed by atoms with Gasteiger partial charge in [0.2, 0.25) is 10.2 Å². The van der Waals surface area contributed by atoms with Gasteiger partial charge in [-0.25, -0.2) is 4.79 Å². The molecule has 0 unspecified atom stereocenters. The summed E-state index contributed by atoms with van der Waals surface area (Å²) in [5, 5.41) is 3.95. The lowest BCUT2D eigenvalue weighted by atomic mass is 10.0. The predicted molar refractivity (Wildman–Crippen MR) is 146 cm³/mol. The van der Waals surface area contributed by atoms with E-state index in [9.17, 15) is 14.4 Å². The zero-order valence-electron chi connectivity index (χ0n) is 19.3. The van der Waals surface area contributed by atoms with E-state index >= 15 is 0 Å². The van der Waals surface area contributed by atoms with Gasteiger partial charge in [-0.15, -0.1) is 0 Å². The molecule has 0 aliphatic carbocycles. The summed E-state index contributed by atoms with van der Waals surface area (Å²) in [5.74, 6) is 0.130. The normalized spacial score (nSPS) is 10.7. The molecule has 0 aliphatic heterocycles. The summed E-state index contributed by atoms with van der Waals surface area (Å²) < 4.78 is 10.4. The summed E-state index contributed by atoms with van der Waals surface area (Å²) in [6, 6.07) is 22.8. The minimum absolute atomic E-state index is 0.0586. The third-order valence-corrected chi connectivity index (χ3v) is 7.01. The van der Waals surface area contributed by atoms with Gasteiger partial charge < -0.3 is 9.47 Å². The van der Waals surface area contributed by atoms with E-state index in [4.69, 9.17) is 9.47 Å². The molecule has 0 saturated heterocycles. The second-order valence-electron chi connectivity index (χ2n) is 7.59. The van der Waals surface area contributed by atoms with Crippen LogP contribution in [0.1, 0.15) is 10.4 Å². The van der Waals surface area contributed by atoms with Crippen LogP contribution in [0, 0.1) is 0 Å². The molecule has 0 aliphatic rings. The first-order valence-electron chi connectivity index (χ1n) is 11.0. The molecule has 0 heterocycles. The Labute approximate surface area is 217 Å². The minimum atomic E-state index is -0.490. The topological polar surface area (TPSA) is 69.7 Å². The molecule has 4 rings (SSSR count). The fraction of sp³-hybridized carbons (Fsp3) is 0.0690. The number of rotatable bonds is 9. The first kappa shape index (κ1) is 25.3. The number of benzene rings is 4. The molecular weight excluding hydrogens is 492 g/mol. The smallest absolute Gasteiger partial charge is 0.330 e. The molecular formula is C29H22O5S2. The van der Waals surface area contributed by atoms with E-state index in [1.165, 1.54) is 6.08 Å². The monoisotopic (exact) mass is 514 g/mol. The van der Waals surface area contributed by atoms with Gasteiger partial charge in [0.05, 0.1) is 0 Å². The van der Waals surface area contributed by atoms with E-state index in [0.717, 1.165) is 60.9 Å². The van der Waals surface area contributed by atoms with Gasteiger partial charge in [-0.05, 0) is 99.7 Å². The maximum absolute atomic E-state index is 12.9. The van der Waals surface area contributed by atoms with Crippen LogP contribution in [0.4, 0.5) is 0 Å². The minimum Gasteiger partial charge on any atom is -0.490 e. The zero-order valence-corrected chi connectivity index (χ0v) is 20.9. The number of hydrogen-bond donors (Lipinski definition) is 0. The van der Waals surface area contributed by atoms with Gasteiger partial charge in [0.1, 0.15) is 19.0 Å². The fourth-order valence-corrected chi connectivity index (χ4v) is 4.90. The molecule has 0 saturated carbocycles. The van der Waals surface area contributed by atoms with Crippen molar-refractivity contribution >= 4 is 61.3 Å². The van der Waals surface area contributed by atoms with Crippen molar-refractivity contribution in [1.82, 2.24) is 0 Å². The molecule has 36 heavy (non-hydrogen) atoms. The van der Waals surface area contributed by atoms with Crippen LogP contribution in [0.5, 0.6) is 5.75 Å². The van der Waals surface area contributed by atoms with E-state index in [0.29, 0.717) is 11.3 Å². The summed E-state index contributed by atoms with van der Waals surface area (Å²) in [5.41, 5.74) is 0.611. The third kappa shape index (κ3) is 6.24. The molecule has 0 aromatic heterocycles. The Morgan fingerprint density at radius 1 is 0.722 bits per heavy atom. The molecule has 0 amide bonds. The van der Waals surface area contributed by atoms with E-state index in [1.54, 1.807) is 12.1 Å². The second-order valence-corrected chi connectivity index (χ2v) is 9.71. The molecule has 4 aromatic rings. The van der Waals surface area contributed by atoms with Crippen LogP contribution < -0.4 is 4.74 Å². The van der Waals surface area contributed by atoms with Crippen LogP contribution in [0.15, 0.2) is 108 Å². The maximum atomic E-state index is 12.9. The molecule has 0 spiro atoms. The largest absolute Gasteiger partial charge is 0.490 e. The molecule has 0 N–H and O–H groups in total. The standard InChI is InChI=1S/C29H22O5S2/c1-3-27(30)34-16-15-33-22-8-10-23(11-9-22)36-29(32)21-7-13-25-19(17-21)5-6-20-18-24(12-14-26(20)25)35-28(31)4-2/h3-14,17-18H,1-2,15-16H2. The van der Waals surface area contributed by atoms with E-state index in [1.807, 2.05) is 60.7 Å². The Morgan fingerprint density at radius 3 is 2.08 bits per heavy atom. The highest BCUT2D eigenvalue weighted by molar-refractivity contribution is 8.14. The summed E-state index contributed by atoms with van der Waals surface area (Å²) in [7, 11) is 0. The van der Waals surface area contributed by atoms with Gasteiger partial charge in [0.25, 0.3) is 0 Å². The van der Waals surface area contributed by atoms with E-state index < -0.39 is 5.97 Å². The molecule has 0 atom stereocenters. The summed E-state index contributed by atoms with van der Waals surface area (Å²) in [4.78, 5) is 37.3. The zero-order chi connectivity index (χ0) is 25.5. The number of esters is 1. The second kappa shape index (κ2) is 11.7. The summed E-state index contributed by atoms with van der Waals surface area (Å²) in [6.45, 7) is 7.20. The molecule has 5 nitrogen and oxygen atoms in total. The van der Waals surface area contributed by atoms with Crippen molar-refractivity contribution < 1.29 is 23.9 Å². The Balaban J connectivity index is 1.43. The SMILES string of the molecule is C=CC(=O)OCCOc1ccc(SC(=O)c2ccc3c(ccc4cc(SC(=O)C=C)ccc43)c2)cc1. The Kier molecular flexibility index (Phi) is 8.25. The van der Waals surface area contributed by atoms with Gasteiger partial charge in [0.15, 0.2) is 0 Å². The molecule has 4 aromatic carbocycles. The number of fused-ring (bicyclic) bond motifs is 3. The van der Waals surface area contributed by atoms with Crippen LogP contribution in [0.3, 0.4) is 0 Å². The van der Waals surface area contributed by atoms with Crippen LogP contribution in [-0.2, 0) is 14.3 Å². The Hall–Kier alpha value is -3.81. The highest BCUT2D eigenvalue weighted by Crippen LogP contribution is 2.32. The number of carbonyl (C=O) groups is 3.